The molecule has 0 aromatic heterocycles. The molecule has 0 aromatic rings. The lowest BCUT2D eigenvalue weighted by molar-refractivity contribution is -0.122. The first-order valence-electron chi connectivity index (χ1n) is 4.13. The van der Waals surface area contributed by atoms with E-state index in [0.717, 1.165) is 12.8 Å². The van der Waals surface area contributed by atoms with Gasteiger partial charge in [0.25, 0.3) is 0 Å². The lowest BCUT2D eigenvalue weighted by Crippen LogP contribution is -2.17. The van der Waals surface area contributed by atoms with Crippen molar-refractivity contribution in [1.82, 2.24) is 0 Å². The largest absolute Gasteiger partial charge is 0.300 e. The summed E-state index contributed by atoms with van der Waals surface area (Å²) < 4.78 is 0. The highest BCUT2D eigenvalue weighted by atomic mass is 16.1. The second-order valence-electron chi connectivity index (χ2n) is 3.01. The van der Waals surface area contributed by atoms with E-state index in [9.17, 15) is 4.79 Å². The van der Waals surface area contributed by atoms with Crippen LogP contribution in [0.4, 0.5) is 0 Å². The smallest absolute Gasteiger partial charge is 0.133 e. The fourth-order valence-electron chi connectivity index (χ4n) is 1.38. The van der Waals surface area contributed by atoms with Crippen LogP contribution in [0.2, 0.25) is 0 Å². The van der Waals surface area contributed by atoms with Crippen molar-refractivity contribution in [2.75, 3.05) is 0 Å². The molecule has 1 heteroatoms. The van der Waals surface area contributed by atoms with Crippen LogP contribution in [-0.4, -0.2) is 5.78 Å². The molecule has 0 fully saturated rings. The second-order valence-corrected chi connectivity index (χ2v) is 3.01. The zero-order valence-electron chi connectivity index (χ0n) is 7.48. The Bertz CT molecular complexity index is 107. The minimum absolute atomic E-state index is 0.296. The normalized spacial score (nSPS) is 16.4. The standard InChI is InChI=1S/C9H18O/c1-5-7(3)9(6-2)8(4)10/h7,9H,5-6H2,1-4H3/t7?,9-/m1/s1. The van der Waals surface area contributed by atoms with Crippen LogP contribution in [-0.2, 0) is 4.79 Å². The molecule has 0 N–H and O–H groups in total. The van der Waals surface area contributed by atoms with Gasteiger partial charge in [-0.25, -0.2) is 0 Å². The van der Waals surface area contributed by atoms with Crippen LogP contribution in [0.3, 0.4) is 0 Å². The number of carbonyl (C=O) groups is 1. The molecular weight excluding hydrogens is 124 g/mol. The monoisotopic (exact) mass is 142 g/mol. The van der Waals surface area contributed by atoms with E-state index in [-0.39, 0.29) is 0 Å². The third-order valence-electron chi connectivity index (χ3n) is 2.29. The van der Waals surface area contributed by atoms with Crippen molar-refractivity contribution in [1.29, 1.82) is 0 Å². The van der Waals surface area contributed by atoms with Crippen LogP contribution in [0.15, 0.2) is 0 Å². The molecule has 0 aliphatic rings. The van der Waals surface area contributed by atoms with Gasteiger partial charge in [0, 0.05) is 5.92 Å². The van der Waals surface area contributed by atoms with Gasteiger partial charge in [0.05, 0.1) is 0 Å². The molecule has 10 heavy (non-hydrogen) atoms. The minimum Gasteiger partial charge on any atom is -0.300 e. The van der Waals surface area contributed by atoms with Crippen LogP contribution >= 0.6 is 0 Å². The molecule has 60 valence electrons. The van der Waals surface area contributed by atoms with Gasteiger partial charge in [0.1, 0.15) is 5.78 Å². The van der Waals surface area contributed by atoms with Gasteiger partial charge in [-0.1, -0.05) is 27.2 Å². The van der Waals surface area contributed by atoms with Crippen molar-refractivity contribution >= 4 is 5.78 Å². The summed E-state index contributed by atoms with van der Waals surface area (Å²) >= 11 is 0. The first kappa shape index (κ1) is 9.67. The Balaban J connectivity index is 3.92. The van der Waals surface area contributed by atoms with E-state index in [2.05, 4.69) is 20.8 Å². The van der Waals surface area contributed by atoms with Crippen LogP contribution in [0.25, 0.3) is 0 Å². The number of carbonyl (C=O) groups excluding carboxylic acids is 1. The quantitative estimate of drug-likeness (QED) is 0.589. The summed E-state index contributed by atoms with van der Waals surface area (Å²) in [5.41, 5.74) is 0. The van der Waals surface area contributed by atoms with Crippen LogP contribution < -0.4 is 0 Å². The summed E-state index contributed by atoms with van der Waals surface area (Å²) in [5, 5.41) is 0. The van der Waals surface area contributed by atoms with Crippen molar-refractivity contribution in [2.45, 2.75) is 40.5 Å². The topological polar surface area (TPSA) is 17.1 Å². The van der Waals surface area contributed by atoms with Gasteiger partial charge in [-0.05, 0) is 19.3 Å². The third kappa shape index (κ3) is 2.51. The summed E-state index contributed by atoms with van der Waals surface area (Å²) in [6.45, 7) is 8.06. The third-order valence-corrected chi connectivity index (χ3v) is 2.29. The molecule has 0 spiro atoms. The molecule has 0 radical (unpaired) electrons. The predicted octanol–water partition coefficient (Wildman–Crippen LogP) is 2.65. The predicted molar refractivity (Wildman–Crippen MR) is 43.9 cm³/mol. The highest BCUT2D eigenvalue weighted by Gasteiger charge is 2.17. The summed E-state index contributed by atoms with van der Waals surface area (Å²) in [7, 11) is 0. The summed E-state index contributed by atoms with van der Waals surface area (Å²) in [5.74, 6) is 1.20. The maximum Gasteiger partial charge on any atom is 0.133 e. The van der Waals surface area contributed by atoms with Crippen molar-refractivity contribution in [2.24, 2.45) is 11.8 Å². The number of hydrogen-bond acceptors (Lipinski definition) is 1. The fraction of sp³-hybridized carbons (Fsp3) is 0.889. The van der Waals surface area contributed by atoms with E-state index in [1.807, 2.05) is 0 Å². The van der Waals surface area contributed by atoms with Gasteiger partial charge in [0.15, 0.2) is 0 Å². The van der Waals surface area contributed by atoms with E-state index in [1.54, 1.807) is 6.92 Å². The molecule has 0 bridgehead atoms. The second kappa shape index (κ2) is 4.48. The number of Topliss-reactive ketones (excluding diaryl/α,β-unsaturated/α-hetero) is 1. The lowest BCUT2D eigenvalue weighted by Gasteiger charge is -2.17. The van der Waals surface area contributed by atoms with Crippen molar-refractivity contribution in [3.63, 3.8) is 0 Å². The van der Waals surface area contributed by atoms with Gasteiger partial charge >= 0.3 is 0 Å². The van der Waals surface area contributed by atoms with Gasteiger partial charge in [-0.3, -0.25) is 4.79 Å². The van der Waals surface area contributed by atoms with Crippen molar-refractivity contribution < 1.29 is 4.79 Å². The van der Waals surface area contributed by atoms with Crippen molar-refractivity contribution in [3.8, 4) is 0 Å². The summed E-state index contributed by atoms with van der Waals surface area (Å²) in [6.07, 6.45) is 2.10. The molecule has 0 heterocycles. The first-order chi connectivity index (χ1) is 4.63. The van der Waals surface area contributed by atoms with E-state index in [4.69, 9.17) is 0 Å². The molecule has 0 aromatic carbocycles. The molecule has 0 aliphatic heterocycles. The Morgan fingerprint density at radius 2 is 1.80 bits per heavy atom. The molecule has 0 saturated heterocycles. The average molecular weight is 142 g/mol. The first-order valence-corrected chi connectivity index (χ1v) is 4.13. The Morgan fingerprint density at radius 3 is 1.90 bits per heavy atom. The fourth-order valence-corrected chi connectivity index (χ4v) is 1.38. The van der Waals surface area contributed by atoms with Gasteiger partial charge in [-0.2, -0.15) is 0 Å². The maximum atomic E-state index is 11.0. The molecule has 0 saturated carbocycles. The van der Waals surface area contributed by atoms with E-state index in [0.29, 0.717) is 17.6 Å². The Labute approximate surface area is 63.8 Å². The Hall–Kier alpha value is -0.330. The van der Waals surface area contributed by atoms with Crippen LogP contribution in [0, 0.1) is 11.8 Å². The molecule has 1 nitrogen and oxygen atoms in total. The number of ketones is 1. The van der Waals surface area contributed by atoms with E-state index < -0.39 is 0 Å². The highest BCUT2D eigenvalue weighted by molar-refractivity contribution is 5.78. The van der Waals surface area contributed by atoms with Gasteiger partial charge < -0.3 is 0 Å². The Morgan fingerprint density at radius 1 is 1.30 bits per heavy atom. The minimum atomic E-state index is 0.296. The molecule has 0 rings (SSSR count). The Kier molecular flexibility index (Phi) is 4.33. The summed E-state index contributed by atoms with van der Waals surface area (Å²) in [6, 6.07) is 0. The van der Waals surface area contributed by atoms with Crippen LogP contribution in [0.5, 0.6) is 0 Å². The van der Waals surface area contributed by atoms with Gasteiger partial charge in [-0.15, -0.1) is 0 Å². The SMILES string of the molecule is CCC(C)[C@@H](CC)C(C)=O. The number of rotatable bonds is 4. The molecule has 0 amide bonds. The van der Waals surface area contributed by atoms with Crippen molar-refractivity contribution in [3.05, 3.63) is 0 Å². The van der Waals surface area contributed by atoms with E-state index in [1.165, 1.54) is 0 Å². The average Bonchev–Trinajstić information content (AvgIpc) is 1.88. The zero-order chi connectivity index (χ0) is 8.15. The van der Waals surface area contributed by atoms with E-state index >= 15 is 0 Å². The maximum absolute atomic E-state index is 11.0. The summed E-state index contributed by atoms with van der Waals surface area (Å²) in [4.78, 5) is 11.0. The molecule has 0 aliphatic carbocycles. The van der Waals surface area contributed by atoms with Crippen LogP contribution in [0.1, 0.15) is 40.5 Å². The highest BCUT2D eigenvalue weighted by Crippen LogP contribution is 2.18. The lowest BCUT2D eigenvalue weighted by atomic mass is 9.87. The molecule has 1 unspecified atom stereocenters. The molecule has 2 atom stereocenters. The molecular formula is C9H18O. The number of hydrogen-bond donors (Lipinski definition) is 0. The zero-order valence-corrected chi connectivity index (χ0v) is 7.48. The van der Waals surface area contributed by atoms with Gasteiger partial charge in [0.2, 0.25) is 0 Å².